The smallest absolute Gasteiger partial charge is 0.310 e. The maximum atomic E-state index is 12.9. The number of benzene rings is 1. The van der Waals surface area contributed by atoms with Crippen LogP contribution in [0.3, 0.4) is 0 Å². The third-order valence-corrected chi connectivity index (χ3v) is 12.1. The lowest BCUT2D eigenvalue weighted by Crippen LogP contribution is -2.46. The summed E-state index contributed by atoms with van der Waals surface area (Å²) in [5.41, 5.74) is 2.78. The third-order valence-electron chi connectivity index (χ3n) is 6.00. The molecule has 1 aromatic rings. The van der Waals surface area contributed by atoms with Crippen LogP contribution in [0.1, 0.15) is 83.5 Å². The van der Waals surface area contributed by atoms with E-state index in [1.54, 1.807) is 0 Å². The van der Waals surface area contributed by atoms with Crippen molar-refractivity contribution in [1.29, 1.82) is 0 Å². The van der Waals surface area contributed by atoms with E-state index in [4.69, 9.17) is 4.43 Å². The molecule has 0 saturated carbocycles. The first kappa shape index (κ1) is 27.2. The fourth-order valence-corrected chi connectivity index (χ4v) is 4.68. The van der Waals surface area contributed by atoms with Crippen molar-refractivity contribution in [1.82, 2.24) is 4.72 Å². The summed E-state index contributed by atoms with van der Waals surface area (Å²) < 4.78 is 22.2. The van der Waals surface area contributed by atoms with Gasteiger partial charge < -0.3 is 14.1 Å². The van der Waals surface area contributed by atoms with E-state index in [1.807, 2.05) is 52.8 Å². The molecule has 0 bridgehead atoms. The number of rotatable bonds is 9. The highest BCUT2D eigenvalue weighted by atomic mass is 32.2. The molecule has 0 heterocycles. The van der Waals surface area contributed by atoms with Crippen molar-refractivity contribution in [2.75, 3.05) is 6.61 Å². The van der Waals surface area contributed by atoms with Gasteiger partial charge in [0, 0.05) is 11.4 Å². The fourth-order valence-electron chi connectivity index (χ4n) is 2.86. The van der Waals surface area contributed by atoms with Gasteiger partial charge in [0.15, 0.2) is 8.32 Å². The molecule has 30 heavy (non-hydrogen) atoms. The Hall–Kier alpha value is -0.863. The van der Waals surface area contributed by atoms with Gasteiger partial charge >= 0.3 is 5.97 Å². The van der Waals surface area contributed by atoms with E-state index in [9.17, 15) is 14.5 Å². The Morgan fingerprint density at radius 1 is 1.23 bits per heavy atom. The van der Waals surface area contributed by atoms with Crippen LogP contribution in [-0.2, 0) is 20.6 Å². The zero-order valence-electron chi connectivity index (χ0n) is 20.4. The SMILES string of the molecule is CCC(C(=O)O)c1ccc([C@@H](CO[Si](C)(C)C(C)(C)C)N[S+]([O-])C(C)(C)C)c(C)c1. The standard InChI is InChI=1S/C23H41NO4SSi/c1-11-18(21(25)26)17-12-13-19(16(2)14-17)20(24-29(27)22(3,4)5)15-28-30(9,10)23(6,7)8/h12-14,18,20,24H,11,15H2,1-10H3,(H,25,26)/t18?,20-,29?/m1/s1. The van der Waals surface area contributed by atoms with Crippen LogP contribution >= 0.6 is 0 Å². The topological polar surface area (TPSA) is 81.6 Å². The van der Waals surface area contributed by atoms with E-state index in [1.165, 1.54) is 0 Å². The zero-order valence-corrected chi connectivity index (χ0v) is 22.2. The van der Waals surface area contributed by atoms with Crippen LogP contribution in [0.15, 0.2) is 18.2 Å². The van der Waals surface area contributed by atoms with Gasteiger partial charge in [0.1, 0.15) is 4.75 Å². The lowest BCUT2D eigenvalue weighted by molar-refractivity contribution is -0.138. The van der Waals surface area contributed by atoms with Gasteiger partial charge in [0.25, 0.3) is 0 Å². The van der Waals surface area contributed by atoms with Gasteiger partial charge in [0.05, 0.1) is 18.6 Å². The van der Waals surface area contributed by atoms with Gasteiger partial charge in [0.2, 0.25) is 0 Å². The number of hydrogen-bond acceptors (Lipinski definition) is 4. The van der Waals surface area contributed by atoms with E-state index < -0.39 is 36.3 Å². The molecule has 3 atom stereocenters. The van der Waals surface area contributed by atoms with Gasteiger partial charge in [-0.3, -0.25) is 4.79 Å². The molecule has 0 aliphatic heterocycles. The molecule has 0 saturated heterocycles. The quantitative estimate of drug-likeness (QED) is 0.369. The Labute approximate surface area is 187 Å². The highest BCUT2D eigenvalue weighted by Crippen LogP contribution is 2.37. The van der Waals surface area contributed by atoms with Crippen LogP contribution in [-0.4, -0.2) is 35.3 Å². The minimum atomic E-state index is -1.98. The van der Waals surface area contributed by atoms with Gasteiger partial charge in [-0.05, 0) is 68.9 Å². The molecule has 0 aliphatic rings. The Morgan fingerprint density at radius 3 is 2.20 bits per heavy atom. The first-order chi connectivity index (χ1) is 13.5. The second-order valence-electron chi connectivity index (χ2n) is 10.5. The van der Waals surface area contributed by atoms with E-state index in [2.05, 4.69) is 38.6 Å². The minimum absolute atomic E-state index is 0.0788. The largest absolute Gasteiger partial charge is 0.598 e. The normalized spacial score (nSPS) is 16.2. The lowest BCUT2D eigenvalue weighted by Gasteiger charge is -2.38. The summed E-state index contributed by atoms with van der Waals surface area (Å²) in [6, 6.07) is 5.55. The van der Waals surface area contributed by atoms with Crippen molar-refractivity contribution >= 4 is 25.6 Å². The molecule has 0 fully saturated rings. The van der Waals surface area contributed by atoms with Crippen LogP contribution in [0.5, 0.6) is 0 Å². The highest BCUT2D eigenvalue weighted by Gasteiger charge is 2.39. The number of hydrogen-bond donors (Lipinski definition) is 2. The predicted molar refractivity (Wildman–Crippen MR) is 129 cm³/mol. The molecule has 2 N–H and O–H groups in total. The third kappa shape index (κ3) is 7.09. The molecule has 0 aliphatic carbocycles. The van der Waals surface area contributed by atoms with Crippen molar-refractivity contribution in [3.63, 3.8) is 0 Å². The fraction of sp³-hybridized carbons (Fsp3) is 0.696. The molecule has 172 valence electrons. The number of carbonyl (C=O) groups is 1. The first-order valence-corrected chi connectivity index (χ1v) is 14.7. The number of carboxylic acid groups (broad SMARTS) is 1. The second-order valence-corrected chi connectivity index (χ2v) is 17.3. The Balaban J connectivity index is 3.25. The van der Waals surface area contributed by atoms with Crippen molar-refractivity contribution in [3.05, 3.63) is 34.9 Å². The first-order valence-electron chi connectivity index (χ1n) is 10.7. The summed E-state index contributed by atoms with van der Waals surface area (Å²) in [5, 5.41) is 9.57. The number of aryl methyl sites for hydroxylation is 1. The van der Waals surface area contributed by atoms with Crippen LogP contribution in [0.4, 0.5) is 0 Å². The molecule has 0 aromatic heterocycles. The molecule has 1 rings (SSSR count). The molecule has 2 unspecified atom stereocenters. The molecule has 0 amide bonds. The van der Waals surface area contributed by atoms with Gasteiger partial charge in [-0.1, -0.05) is 45.9 Å². The molecule has 1 aromatic carbocycles. The van der Waals surface area contributed by atoms with Gasteiger partial charge in [-0.25, -0.2) is 0 Å². The maximum Gasteiger partial charge on any atom is 0.310 e. The Morgan fingerprint density at radius 2 is 1.80 bits per heavy atom. The second kappa shape index (κ2) is 10.2. The predicted octanol–water partition coefficient (Wildman–Crippen LogP) is 5.69. The van der Waals surface area contributed by atoms with Gasteiger partial charge in [-0.15, -0.1) is 4.72 Å². The lowest BCUT2D eigenvalue weighted by atomic mass is 9.92. The van der Waals surface area contributed by atoms with Crippen LogP contribution < -0.4 is 4.72 Å². The van der Waals surface area contributed by atoms with Crippen molar-refractivity contribution < 1.29 is 18.9 Å². The summed E-state index contributed by atoms with van der Waals surface area (Å²) in [6.45, 7) is 21.1. The Kier molecular flexibility index (Phi) is 9.21. The summed E-state index contributed by atoms with van der Waals surface area (Å²) in [4.78, 5) is 11.6. The zero-order chi connectivity index (χ0) is 23.5. The highest BCUT2D eigenvalue weighted by molar-refractivity contribution is 7.90. The van der Waals surface area contributed by atoms with Crippen molar-refractivity contribution in [3.8, 4) is 0 Å². The maximum absolute atomic E-state index is 12.9. The molecule has 7 heteroatoms. The van der Waals surface area contributed by atoms with E-state index in [-0.39, 0.29) is 11.1 Å². The molecule has 0 radical (unpaired) electrons. The van der Waals surface area contributed by atoms with Crippen LogP contribution in [0.2, 0.25) is 18.1 Å². The number of nitrogens with one attached hydrogen (secondary N) is 1. The average Bonchev–Trinajstić information content (AvgIpc) is 2.57. The minimum Gasteiger partial charge on any atom is -0.598 e. The molecule has 5 nitrogen and oxygen atoms in total. The molecular formula is C23H41NO4SSi. The summed E-state index contributed by atoms with van der Waals surface area (Å²) in [7, 11) is -1.98. The number of carboxylic acids is 1. The summed E-state index contributed by atoms with van der Waals surface area (Å²) in [6.07, 6.45) is 0.540. The number of aliphatic carboxylic acids is 1. The van der Waals surface area contributed by atoms with Crippen LogP contribution in [0.25, 0.3) is 0 Å². The Bertz CT molecular complexity index is 725. The van der Waals surface area contributed by atoms with Crippen molar-refractivity contribution in [2.24, 2.45) is 0 Å². The van der Waals surface area contributed by atoms with Crippen molar-refractivity contribution in [2.45, 2.75) is 96.6 Å². The molecule has 0 spiro atoms. The summed E-state index contributed by atoms with van der Waals surface area (Å²) >= 11 is -1.26. The average molecular weight is 456 g/mol. The molecular weight excluding hydrogens is 414 g/mol. The van der Waals surface area contributed by atoms with Crippen LogP contribution in [0, 0.1) is 6.92 Å². The summed E-state index contributed by atoms with van der Waals surface area (Å²) in [5.74, 6) is -1.33. The van der Waals surface area contributed by atoms with E-state index in [0.717, 1.165) is 16.7 Å². The van der Waals surface area contributed by atoms with Gasteiger partial charge in [-0.2, -0.15) is 0 Å². The van der Waals surface area contributed by atoms with E-state index >= 15 is 0 Å². The van der Waals surface area contributed by atoms with E-state index in [0.29, 0.717) is 13.0 Å². The monoisotopic (exact) mass is 455 g/mol.